The molecule has 0 aliphatic heterocycles. The number of aromatic nitrogens is 3. The summed E-state index contributed by atoms with van der Waals surface area (Å²) in [4.78, 5) is 12.5. The molecule has 0 saturated carbocycles. The van der Waals surface area contributed by atoms with Gasteiger partial charge in [-0.25, -0.2) is 17.5 Å². The minimum Gasteiger partial charge on any atom is -0.355 e. The van der Waals surface area contributed by atoms with Gasteiger partial charge in [0.15, 0.2) is 9.84 Å². The molecular formula is C20H22FN5O3S. The maximum absolute atomic E-state index is 14.0. The summed E-state index contributed by atoms with van der Waals surface area (Å²) in [6, 6.07) is 9.60. The molecule has 1 amide bonds. The van der Waals surface area contributed by atoms with Crippen LogP contribution in [0, 0.1) is 0 Å². The van der Waals surface area contributed by atoms with Crippen molar-refractivity contribution in [3.05, 3.63) is 53.9 Å². The normalized spacial score (nSPS) is 12.3. The minimum absolute atomic E-state index is 0.0346. The SMILES string of the molecule is CCS(=O)(=O)c1cccc(-c2cc(C(=O)NC)cc3c2nnn3C/C(F)=C/CN)c1. The van der Waals surface area contributed by atoms with Crippen LogP contribution < -0.4 is 11.1 Å². The average molecular weight is 431 g/mol. The molecule has 10 heteroatoms. The number of halogens is 1. The Bertz CT molecular complexity index is 1230. The highest BCUT2D eigenvalue weighted by atomic mass is 32.2. The number of nitrogens with two attached hydrogens (primary N) is 1. The van der Waals surface area contributed by atoms with Gasteiger partial charge in [-0.15, -0.1) is 5.10 Å². The molecule has 0 spiro atoms. The Kier molecular flexibility index (Phi) is 6.28. The van der Waals surface area contributed by atoms with Gasteiger partial charge in [0, 0.05) is 24.7 Å². The van der Waals surface area contributed by atoms with E-state index in [1.54, 1.807) is 31.2 Å². The fourth-order valence-corrected chi connectivity index (χ4v) is 3.97. The van der Waals surface area contributed by atoms with Crippen molar-refractivity contribution in [2.75, 3.05) is 19.3 Å². The zero-order chi connectivity index (χ0) is 21.9. The third-order valence-corrected chi connectivity index (χ3v) is 6.37. The van der Waals surface area contributed by atoms with Gasteiger partial charge in [-0.2, -0.15) is 0 Å². The van der Waals surface area contributed by atoms with Gasteiger partial charge in [0.2, 0.25) is 0 Å². The van der Waals surface area contributed by atoms with Gasteiger partial charge in [0.25, 0.3) is 5.91 Å². The molecule has 158 valence electrons. The molecule has 0 radical (unpaired) electrons. The second-order valence-corrected chi connectivity index (χ2v) is 8.81. The quantitative estimate of drug-likeness (QED) is 0.591. The number of carbonyl (C=O) groups is 1. The number of sulfone groups is 1. The number of allylic oxidation sites excluding steroid dienone is 1. The van der Waals surface area contributed by atoms with E-state index in [9.17, 15) is 17.6 Å². The molecule has 30 heavy (non-hydrogen) atoms. The van der Waals surface area contributed by atoms with Crippen LogP contribution in [0.3, 0.4) is 0 Å². The van der Waals surface area contributed by atoms with E-state index in [1.165, 1.54) is 29.9 Å². The Balaban J connectivity index is 2.24. The highest BCUT2D eigenvalue weighted by Crippen LogP contribution is 2.31. The number of fused-ring (bicyclic) bond motifs is 1. The van der Waals surface area contributed by atoms with E-state index >= 15 is 0 Å². The molecule has 1 heterocycles. The van der Waals surface area contributed by atoms with Gasteiger partial charge < -0.3 is 11.1 Å². The molecule has 8 nitrogen and oxygen atoms in total. The second-order valence-electron chi connectivity index (χ2n) is 6.54. The molecule has 0 saturated heterocycles. The lowest BCUT2D eigenvalue weighted by Crippen LogP contribution is -2.18. The standard InChI is InChI=1S/C20H22FN5O3S/c1-3-30(28,29)16-6-4-5-13(9-16)17-10-14(20(27)23-2)11-18-19(17)24-25-26(18)12-15(21)7-8-22/h4-7,9-11H,3,8,12,22H2,1-2H3,(H,23,27)/b15-7-. The Hall–Kier alpha value is -3.11. The Morgan fingerprint density at radius 2 is 2.07 bits per heavy atom. The molecule has 0 aliphatic carbocycles. The van der Waals surface area contributed by atoms with Crippen LogP contribution >= 0.6 is 0 Å². The highest BCUT2D eigenvalue weighted by molar-refractivity contribution is 7.91. The molecule has 3 N–H and O–H groups in total. The summed E-state index contributed by atoms with van der Waals surface area (Å²) in [6.07, 6.45) is 1.23. The lowest BCUT2D eigenvalue weighted by Gasteiger charge is -2.09. The number of rotatable bonds is 7. The molecule has 0 atom stereocenters. The number of carbonyl (C=O) groups excluding carboxylic acids is 1. The van der Waals surface area contributed by atoms with E-state index in [0.29, 0.717) is 27.7 Å². The molecule has 2 aromatic carbocycles. The van der Waals surface area contributed by atoms with Gasteiger partial charge in [0.05, 0.1) is 22.7 Å². The number of hydrogen-bond donors (Lipinski definition) is 2. The largest absolute Gasteiger partial charge is 0.355 e. The van der Waals surface area contributed by atoms with Crippen LogP contribution in [-0.2, 0) is 16.4 Å². The van der Waals surface area contributed by atoms with Crippen LogP contribution in [0.1, 0.15) is 17.3 Å². The Morgan fingerprint density at radius 3 is 2.73 bits per heavy atom. The summed E-state index contributed by atoms with van der Waals surface area (Å²) in [5.41, 5.74) is 7.61. The summed E-state index contributed by atoms with van der Waals surface area (Å²) in [6.45, 7) is 1.43. The van der Waals surface area contributed by atoms with Gasteiger partial charge in [-0.1, -0.05) is 24.3 Å². The van der Waals surface area contributed by atoms with E-state index in [1.807, 2.05) is 0 Å². The number of benzene rings is 2. The first-order valence-corrected chi connectivity index (χ1v) is 10.9. The van der Waals surface area contributed by atoms with Gasteiger partial charge in [-0.05, 0) is 35.9 Å². The van der Waals surface area contributed by atoms with Crippen molar-refractivity contribution in [1.29, 1.82) is 0 Å². The first kappa shape index (κ1) is 21.6. The van der Waals surface area contributed by atoms with Crippen LogP contribution in [0.2, 0.25) is 0 Å². The zero-order valence-electron chi connectivity index (χ0n) is 16.6. The topological polar surface area (TPSA) is 120 Å². The number of hydrogen-bond acceptors (Lipinski definition) is 6. The van der Waals surface area contributed by atoms with Gasteiger partial charge >= 0.3 is 0 Å². The fraction of sp³-hybridized carbons (Fsp3) is 0.250. The predicted molar refractivity (Wildman–Crippen MR) is 112 cm³/mol. The fourth-order valence-electron chi connectivity index (χ4n) is 3.04. The van der Waals surface area contributed by atoms with Gasteiger partial charge in [-0.3, -0.25) is 4.79 Å². The van der Waals surface area contributed by atoms with Gasteiger partial charge in [0.1, 0.15) is 11.3 Å². The lowest BCUT2D eigenvalue weighted by atomic mass is 10.0. The summed E-state index contributed by atoms with van der Waals surface area (Å²) in [7, 11) is -1.92. The molecular weight excluding hydrogens is 409 g/mol. The zero-order valence-corrected chi connectivity index (χ0v) is 17.4. The number of nitrogens with zero attached hydrogens (tertiary/aromatic N) is 3. The number of amides is 1. The van der Waals surface area contributed by atoms with E-state index in [4.69, 9.17) is 5.73 Å². The Morgan fingerprint density at radius 1 is 1.30 bits per heavy atom. The monoisotopic (exact) mass is 431 g/mol. The van der Waals surface area contributed by atoms with Crippen molar-refractivity contribution in [3.63, 3.8) is 0 Å². The van der Waals surface area contributed by atoms with Crippen molar-refractivity contribution in [2.45, 2.75) is 18.4 Å². The van der Waals surface area contributed by atoms with Crippen LogP contribution in [0.25, 0.3) is 22.2 Å². The van der Waals surface area contributed by atoms with Crippen molar-refractivity contribution in [3.8, 4) is 11.1 Å². The maximum Gasteiger partial charge on any atom is 0.251 e. The molecule has 0 aliphatic rings. The van der Waals surface area contributed by atoms with E-state index in [0.717, 1.165) is 0 Å². The summed E-state index contributed by atoms with van der Waals surface area (Å²) < 4.78 is 39.9. The molecule has 3 rings (SSSR count). The summed E-state index contributed by atoms with van der Waals surface area (Å²) in [5, 5.41) is 10.7. The smallest absolute Gasteiger partial charge is 0.251 e. The maximum atomic E-state index is 14.0. The van der Waals surface area contributed by atoms with E-state index in [2.05, 4.69) is 15.6 Å². The molecule has 0 unspecified atom stereocenters. The first-order valence-electron chi connectivity index (χ1n) is 9.27. The summed E-state index contributed by atoms with van der Waals surface area (Å²) >= 11 is 0. The van der Waals surface area contributed by atoms with Crippen molar-refractivity contribution in [1.82, 2.24) is 20.3 Å². The number of nitrogens with one attached hydrogen (secondary N) is 1. The third-order valence-electron chi connectivity index (χ3n) is 4.63. The van der Waals surface area contributed by atoms with Crippen LogP contribution in [0.4, 0.5) is 4.39 Å². The first-order chi connectivity index (χ1) is 14.3. The molecule has 3 aromatic rings. The van der Waals surface area contributed by atoms with E-state index in [-0.39, 0.29) is 29.6 Å². The van der Waals surface area contributed by atoms with Crippen LogP contribution in [-0.4, -0.2) is 48.7 Å². The lowest BCUT2D eigenvalue weighted by molar-refractivity contribution is 0.0963. The molecule has 1 aromatic heterocycles. The van der Waals surface area contributed by atoms with Crippen molar-refractivity contribution < 1.29 is 17.6 Å². The van der Waals surface area contributed by atoms with Crippen molar-refractivity contribution in [2.24, 2.45) is 5.73 Å². The molecule has 0 bridgehead atoms. The average Bonchev–Trinajstić information content (AvgIpc) is 3.15. The van der Waals surface area contributed by atoms with Crippen LogP contribution in [0.15, 0.2) is 53.2 Å². The predicted octanol–water partition coefficient (Wildman–Crippen LogP) is 2.06. The summed E-state index contributed by atoms with van der Waals surface area (Å²) in [5.74, 6) is -0.860. The Labute approximate surface area is 173 Å². The second kappa shape index (κ2) is 8.72. The van der Waals surface area contributed by atoms with Crippen LogP contribution in [0.5, 0.6) is 0 Å². The van der Waals surface area contributed by atoms with E-state index < -0.39 is 15.7 Å². The third kappa shape index (κ3) is 4.24. The molecule has 0 fully saturated rings. The van der Waals surface area contributed by atoms with Crippen molar-refractivity contribution >= 4 is 26.8 Å². The minimum atomic E-state index is -3.42. The highest BCUT2D eigenvalue weighted by Gasteiger charge is 2.18.